The van der Waals surface area contributed by atoms with Crippen molar-refractivity contribution in [1.29, 1.82) is 0 Å². The fraction of sp³-hybridized carbons (Fsp3) is 0.444. The van der Waals surface area contributed by atoms with E-state index in [0.29, 0.717) is 5.56 Å². The van der Waals surface area contributed by atoms with Gasteiger partial charge in [-0.3, -0.25) is 9.59 Å². The second kappa shape index (κ2) is 4.22. The highest BCUT2D eigenvalue weighted by atomic mass is 32.2. The Morgan fingerprint density at radius 1 is 1.04 bits per heavy atom. The largest absolute Gasteiger partial charge is 0.367 e. The maximum absolute atomic E-state index is 13.1. The molecule has 0 radical (unpaired) electrons. The maximum atomic E-state index is 13.1. The smallest absolute Gasteiger partial charge is 0.240 e. The van der Waals surface area contributed by atoms with Crippen LogP contribution >= 0.6 is 0 Å². The molecule has 3 fully saturated rings. The maximum Gasteiger partial charge on any atom is 0.240 e. The third-order valence-corrected chi connectivity index (χ3v) is 7.69. The number of amides is 2. The van der Waals surface area contributed by atoms with Crippen LogP contribution in [-0.2, 0) is 24.2 Å². The van der Waals surface area contributed by atoms with E-state index in [0.717, 1.165) is 23.1 Å². The van der Waals surface area contributed by atoms with Gasteiger partial charge >= 0.3 is 0 Å². The molecule has 25 heavy (non-hydrogen) atoms. The van der Waals surface area contributed by atoms with Crippen LogP contribution in [0.3, 0.4) is 0 Å². The summed E-state index contributed by atoms with van der Waals surface area (Å²) in [6, 6.07) is 6.46. The number of hydrogen-bond acceptors (Lipinski definition) is 5. The normalized spacial score (nSPS) is 40.4. The van der Waals surface area contributed by atoms with Gasteiger partial charge in [0.25, 0.3) is 0 Å². The summed E-state index contributed by atoms with van der Waals surface area (Å²) in [5, 5.41) is 1.04. The van der Waals surface area contributed by atoms with E-state index in [1.807, 2.05) is 13.8 Å². The second-order valence-electron chi connectivity index (χ2n) is 7.74. The summed E-state index contributed by atoms with van der Waals surface area (Å²) in [6.07, 6.45) is 1.46. The number of imide groups is 1. The van der Waals surface area contributed by atoms with Crippen LogP contribution in [-0.4, -0.2) is 36.3 Å². The molecule has 5 rings (SSSR count). The standard InChI is InChI=1S/C18H17NO5S/c1-17-7-8-18(2,24-17)14-13(17)15(20)19(16(14)21)11-9-25(22,23)12-6-4-3-5-10(11)12/h3-6,9,13-14H,7-8H2,1-2H3. The lowest BCUT2D eigenvalue weighted by Gasteiger charge is -2.27. The second-order valence-corrected chi connectivity index (χ2v) is 9.50. The number of sulfone groups is 1. The lowest BCUT2D eigenvalue weighted by molar-refractivity contribution is -0.142. The molecule has 4 unspecified atom stereocenters. The Labute approximate surface area is 145 Å². The van der Waals surface area contributed by atoms with E-state index in [9.17, 15) is 18.0 Å². The molecule has 4 aliphatic heterocycles. The molecule has 3 saturated heterocycles. The van der Waals surface area contributed by atoms with Crippen molar-refractivity contribution in [2.45, 2.75) is 42.8 Å². The molecule has 1 aromatic rings. The Hall–Kier alpha value is -1.99. The highest BCUT2D eigenvalue weighted by molar-refractivity contribution is 7.95. The molecule has 2 bridgehead atoms. The van der Waals surface area contributed by atoms with Crippen molar-refractivity contribution in [3.63, 3.8) is 0 Å². The first-order valence-corrected chi connectivity index (χ1v) is 9.87. The molecule has 1 aromatic carbocycles. The Morgan fingerprint density at radius 3 is 2.20 bits per heavy atom. The number of fused-ring (bicyclic) bond motifs is 6. The van der Waals surface area contributed by atoms with Gasteiger partial charge < -0.3 is 4.74 Å². The molecule has 2 amide bonds. The number of ether oxygens (including phenoxy) is 1. The minimum Gasteiger partial charge on any atom is -0.367 e. The third-order valence-electron chi connectivity index (χ3n) is 6.18. The number of carbonyl (C=O) groups excluding carboxylic acids is 2. The first kappa shape index (κ1) is 15.3. The van der Waals surface area contributed by atoms with Gasteiger partial charge in [0.15, 0.2) is 0 Å². The molecule has 0 N–H and O–H groups in total. The summed E-state index contributed by atoms with van der Waals surface area (Å²) in [6.45, 7) is 3.76. The van der Waals surface area contributed by atoms with Crippen molar-refractivity contribution >= 4 is 27.3 Å². The minimum absolute atomic E-state index is 0.138. The predicted molar refractivity (Wildman–Crippen MR) is 87.6 cm³/mol. The van der Waals surface area contributed by atoms with Crippen molar-refractivity contribution in [1.82, 2.24) is 4.90 Å². The summed E-state index contributed by atoms with van der Waals surface area (Å²) in [5.41, 5.74) is -0.726. The van der Waals surface area contributed by atoms with Crippen molar-refractivity contribution in [2.24, 2.45) is 11.8 Å². The molecular formula is C18H17NO5S. The van der Waals surface area contributed by atoms with Gasteiger partial charge in [-0.15, -0.1) is 0 Å². The van der Waals surface area contributed by atoms with E-state index in [4.69, 9.17) is 4.74 Å². The van der Waals surface area contributed by atoms with Crippen LogP contribution in [0.4, 0.5) is 0 Å². The number of hydrogen-bond donors (Lipinski definition) is 0. The molecule has 6 nitrogen and oxygen atoms in total. The zero-order valence-corrected chi connectivity index (χ0v) is 14.7. The van der Waals surface area contributed by atoms with Crippen LogP contribution in [0.2, 0.25) is 0 Å². The zero-order chi connectivity index (χ0) is 17.8. The highest BCUT2D eigenvalue weighted by Crippen LogP contribution is 2.61. The average Bonchev–Trinajstić information content (AvgIpc) is 3.17. The monoisotopic (exact) mass is 359 g/mol. The van der Waals surface area contributed by atoms with Crippen molar-refractivity contribution in [3.05, 3.63) is 35.2 Å². The van der Waals surface area contributed by atoms with Crippen LogP contribution in [0.5, 0.6) is 0 Å². The fourth-order valence-corrected chi connectivity index (χ4v) is 6.48. The SMILES string of the molecule is CC12CCC(C)(O1)C1C(=O)N(C3=CS(=O)(=O)c4ccccc43)C(=O)C12. The molecule has 0 aliphatic carbocycles. The van der Waals surface area contributed by atoms with Gasteiger partial charge in [-0.1, -0.05) is 18.2 Å². The molecule has 130 valence electrons. The third kappa shape index (κ3) is 1.65. The van der Waals surface area contributed by atoms with Gasteiger partial charge in [0.2, 0.25) is 21.7 Å². The van der Waals surface area contributed by atoms with E-state index in [2.05, 4.69) is 0 Å². The molecule has 0 spiro atoms. The number of rotatable bonds is 1. The number of nitrogens with zero attached hydrogens (tertiary/aromatic N) is 1. The predicted octanol–water partition coefficient (Wildman–Crippen LogP) is 1.71. The molecule has 4 heterocycles. The molecule has 7 heteroatoms. The molecular weight excluding hydrogens is 342 g/mol. The van der Waals surface area contributed by atoms with Gasteiger partial charge in [0.1, 0.15) is 0 Å². The van der Waals surface area contributed by atoms with Gasteiger partial charge in [0, 0.05) is 5.56 Å². The Balaban J connectivity index is 1.67. The lowest BCUT2D eigenvalue weighted by atomic mass is 9.69. The number of likely N-dealkylation sites (tertiary alicyclic amines) is 1. The Morgan fingerprint density at radius 2 is 1.60 bits per heavy atom. The number of benzene rings is 1. The van der Waals surface area contributed by atoms with E-state index < -0.39 is 32.9 Å². The molecule has 0 aromatic heterocycles. The first-order valence-electron chi connectivity index (χ1n) is 8.32. The summed E-state index contributed by atoms with van der Waals surface area (Å²) in [7, 11) is -3.64. The van der Waals surface area contributed by atoms with Crippen molar-refractivity contribution < 1.29 is 22.7 Å². The van der Waals surface area contributed by atoms with E-state index >= 15 is 0 Å². The van der Waals surface area contributed by atoms with Crippen molar-refractivity contribution in [3.8, 4) is 0 Å². The summed E-state index contributed by atoms with van der Waals surface area (Å²) < 4.78 is 30.9. The van der Waals surface area contributed by atoms with Gasteiger partial charge in [-0.25, -0.2) is 13.3 Å². The van der Waals surface area contributed by atoms with Crippen LogP contribution < -0.4 is 0 Å². The summed E-state index contributed by atoms with van der Waals surface area (Å²) >= 11 is 0. The van der Waals surface area contributed by atoms with E-state index in [1.54, 1.807) is 18.2 Å². The zero-order valence-electron chi connectivity index (χ0n) is 13.9. The average molecular weight is 359 g/mol. The fourth-order valence-electron chi connectivity index (χ4n) is 5.08. The lowest BCUT2D eigenvalue weighted by Crippen LogP contribution is -2.40. The summed E-state index contributed by atoms with van der Waals surface area (Å²) in [4.78, 5) is 27.5. The highest BCUT2D eigenvalue weighted by Gasteiger charge is 2.72. The van der Waals surface area contributed by atoms with E-state index in [1.165, 1.54) is 6.07 Å². The minimum atomic E-state index is -3.64. The van der Waals surface area contributed by atoms with Crippen LogP contribution in [0, 0.1) is 11.8 Å². The van der Waals surface area contributed by atoms with Crippen molar-refractivity contribution in [2.75, 3.05) is 0 Å². The molecule has 0 saturated carbocycles. The van der Waals surface area contributed by atoms with Gasteiger partial charge in [0.05, 0.1) is 39.0 Å². The van der Waals surface area contributed by atoms with Crippen LogP contribution in [0.25, 0.3) is 5.70 Å². The Bertz CT molecular complexity index is 962. The van der Waals surface area contributed by atoms with Crippen LogP contribution in [0.1, 0.15) is 32.3 Å². The Kier molecular flexibility index (Phi) is 2.58. The number of carbonyl (C=O) groups is 2. The van der Waals surface area contributed by atoms with E-state index in [-0.39, 0.29) is 22.4 Å². The molecule has 4 atom stereocenters. The topological polar surface area (TPSA) is 80.8 Å². The van der Waals surface area contributed by atoms with Gasteiger partial charge in [-0.2, -0.15) is 0 Å². The van der Waals surface area contributed by atoms with Crippen LogP contribution in [0.15, 0.2) is 34.6 Å². The van der Waals surface area contributed by atoms with Gasteiger partial charge in [-0.05, 0) is 32.8 Å². The quantitative estimate of drug-likeness (QED) is 0.713. The molecule has 4 aliphatic rings. The summed E-state index contributed by atoms with van der Waals surface area (Å²) in [5.74, 6) is -1.79. The first-order chi connectivity index (χ1) is 11.7.